The van der Waals surface area contributed by atoms with Gasteiger partial charge in [-0.25, -0.2) is 0 Å². The van der Waals surface area contributed by atoms with E-state index in [4.69, 9.17) is 18.9 Å². The van der Waals surface area contributed by atoms with E-state index in [-0.39, 0.29) is 23.4 Å². The van der Waals surface area contributed by atoms with Crippen LogP contribution in [0.3, 0.4) is 0 Å². The molecule has 2 aliphatic heterocycles. The Kier molecular flexibility index (Phi) is 11.3. The lowest BCUT2D eigenvalue weighted by atomic mass is 9.83. The summed E-state index contributed by atoms with van der Waals surface area (Å²) in [6, 6.07) is 14.7. The van der Waals surface area contributed by atoms with Gasteiger partial charge in [0.05, 0.1) is 39.6 Å². The third kappa shape index (κ3) is 8.60. The molecule has 2 atom stereocenters. The fourth-order valence-corrected chi connectivity index (χ4v) is 5.30. The number of ketones is 2. The first-order valence-corrected chi connectivity index (χ1v) is 14.2. The predicted octanol–water partition coefficient (Wildman–Crippen LogP) is 3.84. The lowest BCUT2D eigenvalue weighted by Gasteiger charge is -2.34. The normalized spacial score (nSPS) is 18.3. The molecule has 39 heavy (non-hydrogen) atoms. The quantitative estimate of drug-likeness (QED) is 0.336. The lowest BCUT2D eigenvalue weighted by Crippen LogP contribution is -2.44. The number of morpholine rings is 2. The van der Waals surface area contributed by atoms with E-state index in [0.29, 0.717) is 70.3 Å². The minimum atomic E-state index is -0.321. The highest BCUT2D eigenvalue weighted by molar-refractivity contribution is 6.00. The smallest absolute Gasteiger partial charge is 0.167 e. The Labute approximate surface area is 232 Å². The number of benzene rings is 2. The highest BCUT2D eigenvalue weighted by atomic mass is 16.5. The molecule has 0 amide bonds. The Hall–Kier alpha value is -2.78. The molecule has 8 heteroatoms. The summed E-state index contributed by atoms with van der Waals surface area (Å²) in [5.41, 5.74) is 1.30. The van der Waals surface area contributed by atoms with E-state index in [1.165, 1.54) is 0 Å². The molecule has 4 rings (SSSR count). The summed E-state index contributed by atoms with van der Waals surface area (Å²) in [5.74, 6) is 0.980. The number of carbonyl (C=O) groups is 2. The molecule has 0 aliphatic carbocycles. The maximum absolute atomic E-state index is 13.9. The van der Waals surface area contributed by atoms with Crippen molar-refractivity contribution in [3.63, 3.8) is 0 Å². The van der Waals surface area contributed by atoms with Crippen LogP contribution >= 0.6 is 0 Å². The van der Waals surface area contributed by atoms with E-state index in [1.807, 2.05) is 62.4 Å². The molecule has 0 unspecified atom stereocenters. The Bertz CT molecular complexity index is 947. The molecule has 2 saturated heterocycles. The van der Waals surface area contributed by atoms with Crippen molar-refractivity contribution < 1.29 is 28.5 Å². The molecule has 2 fully saturated rings. The first kappa shape index (κ1) is 29.2. The van der Waals surface area contributed by atoms with Gasteiger partial charge in [0.15, 0.2) is 11.6 Å². The van der Waals surface area contributed by atoms with Gasteiger partial charge >= 0.3 is 0 Å². The molecule has 0 saturated carbocycles. The van der Waals surface area contributed by atoms with Gasteiger partial charge in [-0.15, -0.1) is 0 Å². The molecule has 0 radical (unpaired) electrons. The van der Waals surface area contributed by atoms with Crippen molar-refractivity contribution in [2.75, 3.05) is 78.9 Å². The topological polar surface area (TPSA) is 77.5 Å². The summed E-state index contributed by atoms with van der Waals surface area (Å²) < 4.78 is 22.2. The summed E-state index contributed by atoms with van der Waals surface area (Å²) >= 11 is 0. The summed E-state index contributed by atoms with van der Waals surface area (Å²) in [7, 11) is 0. The average molecular weight is 539 g/mol. The van der Waals surface area contributed by atoms with E-state index in [2.05, 4.69) is 9.80 Å². The Morgan fingerprint density at radius 2 is 1.03 bits per heavy atom. The number of hydrogen-bond acceptors (Lipinski definition) is 8. The molecule has 2 aromatic rings. The second kappa shape index (κ2) is 15.1. The van der Waals surface area contributed by atoms with Crippen LogP contribution in [0.4, 0.5) is 0 Å². The van der Waals surface area contributed by atoms with E-state index in [1.54, 1.807) is 0 Å². The van der Waals surface area contributed by atoms with E-state index >= 15 is 0 Å². The van der Waals surface area contributed by atoms with Gasteiger partial charge in [0.25, 0.3) is 0 Å². The van der Waals surface area contributed by atoms with Crippen molar-refractivity contribution in [3.8, 4) is 11.5 Å². The molecule has 2 aromatic carbocycles. The van der Waals surface area contributed by atoms with Crippen LogP contribution in [0.2, 0.25) is 0 Å². The highest BCUT2D eigenvalue weighted by Gasteiger charge is 2.32. The minimum Gasteiger partial charge on any atom is -0.494 e. The number of Topliss-reactive ketones (excluding diaryl/α,β-unsaturated/α-hetero) is 2. The molecule has 2 heterocycles. The zero-order valence-electron chi connectivity index (χ0n) is 23.3. The first-order valence-electron chi connectivity index (χ1n) is 14.2. The van der Waals surface area contributed by atoms with Crippen LogP contribution in [-0.2, 0) is 9.47 Å². The lowest BCUT2D eigenvalue weighted by molar-refractivity contribution is 0.0213. The van der Waals surface area contributed by atoms with Crippen molar-refractivity contribution in [2.45, 2.75) is 20.3 Å². The van der Waals surface area contributed by atoms with Crippen molar-refractivity contribution >= 4 is 11.6 Å². The second-order valence-electron chi connectivity index (χ2n) is 10.1. The molecule has 0 N–H and O–H groups in total. The maximum atomic E-state index is 13.9. The molecule has 0 aromatic heterocycles. The van der Waals surface area contributed by atoms with Gasteiger partial charge in [-0.05, 0) is 68.8 Å². The van der Waals surface area contributed by atoms with Gasteiger partial charge in [-0.1, -0.05) is 0 Å². The Morgan fingerprint density at radius 3 is 1.36 bits per heavy atom. The standard InChI is InChI=1S/C31H42N2O6/c1-3-38-28-9-5-24(6-10-28)30(34)26(22-32-13-17-36-18-14-32)21-27(23-33-15-19-37-20-16-33)31(35)25-7-11-29(12-8-25)39-4-2/h5-12,26-27H,3-4,13-23H2,1-2H3/t26-,27+. The second-order valence-corrected chi connectivity index (χ2v) is 10.1. The van der Waals surface area contributed by atoms with Crippen LogP contribution in [0, 0.1) is 11.8 Å². The first-order chi connectivity index (χ1) is 19.1. The molecule has 212 valence electrons. The third-order valence-electron chi connectivity index (χ3n) is 7.37. The molecule has 2 aliphatic rings. The number of rotatable bonds is 14. The van der Waals surface area contributed by atoms with Crippen LogP contribution in [0.15, 0.2) is 48.5 Å². The van der Waals surface area contributed by atoms with Gasteiger partial charge in [-0.2, -0.15) is 0 Å². The van der Waals surface area contributed by atoms with Gasteiger partial charge in [0, 0.05) is 62.2 Å². The monoisotopic (exact) mass is 538 g/mol. The highest BCUT2D eigenvalue weighted by Crippen LogP contribution is 2.26. The summed E-state index contributed by atoms with van der Waals surface area (Å²) in [4.78, 5) is 32.4. The SMILES string of the molecule is CCOc1ccc(C(=O)[C@H](C[C@@H](CN2CCOCC2)C(=O)c2ccc(OCC)cc2)CN2CCOCC2)cc1. The number of hydrogen-bond donors (Lipinski definition) is 0. The van der Waals surface area contributed by atoms with Gasteiger partial charge < -0.3 is 18.9 Å². The fraction of sp³-hybridized carbons (Fsp3) is 0.548. The van der Waals surface area contributed by atoms with E-state index < -0.39 is 0 Å². The number of ether oxygens (including phenoxy) is 4. The van der Waals surface area contributed by atoms with Gasteiger partial charge in [0.2, 0.25) is 0 Å². The van der Waals surface area contributed by atoms with Crippen LogP contribution < -0.4 is 9.47 Å². The zero-order chi connectivity index (χ0) is 27.5. The van der Waals surface area contributed by atoms with E-state index in [9.17, 15) is 9.59 Å². The largest absolute Gasteiger partial charge is 0.494 e. The maximum Gasteiger partial charge on any atom is 0.167 e. The molecule has 8 nitrogen and oxygen atoms in total. The van der Waals surface area contributed by atoms with Crippen molar-refractivity contribution in [1.82, 2.24) is 9.80 Å². The number of carbonyl (C=O) groups excluding carboxylic acids is 2. The van der Waals surface area contributed by atoms with Crippen molar-refractivity contribution in [1.29, 1.82) is 0 Å². The third-order valence-corrected chi connectivity index (χ3v) is 7.37. The van der Waals surface area contributed by atoms with Crippen molar-refractivity contribution in [2.24, 2.45) is 11.8 Å². The Morgan fingerprint density at radius 1 is 0.667 bits per heavy atom. The average Bonchev–Trinajstić information content (AvgIpc) is 2.98. The van der Waals surface area contributed by atoms with Crippen LogP contribution in [0.25, 0.3) is 0 Å². The summed E-state index contributed by atoms with van der Waals surface area (Å²) in [5, 5.41) is 0. The van der Waals surface area contributed by atoms with Crippen LogP contribution in [-0.4, -0.2) is 100 Å². The van der Waals surface area contributed by atoms with Crippen LogP contribution in [0.5, 0.6) is 11.5 Å². The summed E-state index contributed by atoms with van der Waals surface area (Å²) in [6.07, 6.45) is 0.479. The summed E-state index contributed by atoms with van der Waals surface area (Å²) in [6.45, 7) is 12.0. The number of nitrogens with zero attached hydrogens (tertiary/aromatic N) is 2. The molecule has 0 spiro atoms. The fourth-order valence-electron chi connectivity index (χ4n) is 5.30. The van der Waals surface area contributed by atoms with Crippen LogP contribution in [0.1, 0.15) is 41.0 Å². The molecular weight excluding hydrogens is 496 g/mol. The zero-order valence-corrected chi connectivity index (χ0v) is 23.3. The van der Waals surface area contributed by atoms with E-state index in [0.717, 1.165) is 37.7 Å². The molecular formula is C31H42N2O6. The minimum absolute atomic E-state index is 0.0658. The predicted molar refractivity (Wildman–Crippen MR) is 150 cm³/mol. The molecule has 0 bridgehead atoms. The van der Waals surface area contributed by atoms with Gasteiger partial charge in [-0.3, -0.25) is 19.4 Å². The van der Waals surface area contributed by atoms with Gasteiger partial charge in [0.1, 0.15) is 11.5 Å². The van der Waals surface area contributed by atoms with Crippen molar-refractivity contribution in [3.05, 3.63) is 59.7 Å². The Balaban J connectivity index is 1.58.